The second-order valence-corrected chi connectivity index (χ2v) is 5.31. The zero-order chi connectivity index (χ0) is 14.7. The lowest BCUT2D eigenvalue weighted by atomic mass is 10.1. The summed E-state index contributed by atoms with van der Waals surface area (Å²) in [5.41, 5.74) is 7.76. The molecule has 1 aromatic rings. The van der Waals surface area contributed by atoms with Crippen molar-refractivity contribution in [3.8, 4) is 0 Å². The van der Waals surface area contributed by atoms with Gasteiger partial charge in [-0.15, -0.1) is 0 Å². The highest BCUT2D eigenvalue weighted by molar-refractivity contribution is 5.97. The predicted octanol–water partition coefficient (Wildman–Crippen LogP) is 1.52. The molecule has 0 spiro atoms. The van der Waals surface area contributed by atoms with E-state index >= 15 is 0 Å². The highest BCUT2D eigenvalue weighted by atomic mass is 16.2. The van der Waals surface area contributed by atoms with Gasteiger partial charge in [0.2, 0.25) is 5.91 Å². The molecular weight excluding hydrogens is 254 g/mol. The van der Waals surface area contributed by atoms with Gasteiger partial charge in [0.25, 0.3) is 5.91 Å². The Kier molecular flexibility index (Phi) is 4.39. The first-order chi connectivity index (χ1) is 9.49. The van der Waals surface area contributed by atoms with E-state index in [9.17, 15) is 9.59 Å². The first-order valence-electron chi connectivity index (χ1n) is 6.95. The van der Waals surface area contributed by atoms with Gasteiger partial charge < -0.3 is 16.0 Å². The number of nitrogens with two attached hydrogens (primary N) is 1. The van der Waals surface area contributed by atoms with Crippen molar-refractivity contribution in [1.29, 1.82) is 0 Å². The molecule has 1 aliphatic rings. The molecule has 0 aliphatic carbocycles. The SMILES string of the molecule is Cc1cc(C(=O)N2CCCC2)ccc1NC(=O)[C@H](C)N. The number of benzene rings is 1. The van der Waals surface area contributed by atoms with Gasteiger partial charge in [0.15, 0.2) is 0 Å². The molecule has 20 heavy (non-hydrogen) atoms. The van der Waals surface area contributed by atoms with Crippen LogP contribution in [0.2, 0.25) is 0 Å². The first kappa shape index (κ1) is 14.5. The number of anilines is 1. The van der Waals surface area contributed by atoms with Gasteiger partial charge in [-0.3, -0.25) is 9.59 Å². The van der Waals surface area contributed by atoms with Gasteiger partial charge in [-0.1, -0.05) is 0 Å². The summed E-state index contributed by atoms with van der Waals surface area (Å²) in [6.45, 7) is 5.18. The number of rotatable bonds is 3. The Morgan fingerprint density at radius 3 is 2.50 bits per heavy atom. The van der Waals surface area contributed by atoms with Crippen molar-refractivity contribution in [3.05, 3.63) is 29.3 Å². The molecule has 2 rings (SSSR count). The van der Waals surface area contributed by atoms with Crippen LogP contribution in [-0.2, 0) is 4.79 Å². The van der Waals surface area contributed by atoms with Gasteiger partial charge in [0.05, 0.1) is 6.04 Å². The molecule has 5 nitrogen and oxygen atoms in total. The highest BCUT2D eigenvalue weighted by Crippen LogP contribution is 2.19. The van der Waals surface area contributed by atoms with Gasteiger partial charge in [0.1, 0.15) is 0 Å². The lowest BCUT2D eigenvalue weighted by molar-refractivity contribution is -0.117. The predicted molar refractivity (Wildman–Crippen MR) is 78.6 cm³/mol. The van der Waals surface area contributed by atoms with Crippen LogP contribution in [0.5, 0.6) is 0 Å². The van der Waals surface area contributed by atoms with E-state index in [1.165, 1.54) is 0 Å². The summed E-state index contributed by atoms with van der Waals surface area (Å²) >= 11 is 0. The minimum atomic E-state index is -0.555. The smallest absolute Gasteiger partial charge is 0.253 e. The fraction of sp³-hybridized carbons (Fsp3) is 0.467. The van der Waals surface area contributed by atoms with E-state index < -0.39 is 6.04 Å². The summed E-state index contributed by atoms with van der Waals surface area (Å²) < 4.78 is 0. The molecule has 1 aromatic carbocycles. The van der Waals surface area contributed by atoms with Gasteiger partial charge >= 0.3 is 0 Å². The van der Waals surface area contributed by atoms with Crippen LogP contribution in [0.25, 0.3) is 0 Å². The number of hydrogen-bond acceptors (Lipinski definition) is 3. The summed E-state index contributed by atoms with van der Waals surface area (Å²) in [4.78, 5) is 25.7. The van der Waals surface area contributed by atoms with Crippen LogP contribution >= 0.6 is 0 Å². The van der Waals surface area contributed by atoms with Crippen LogP contribution in [-0.4, -0.2) is 35.8 Å². The summed E-state index contributed by atoms with van der Waals surface area (Å²) in [7, 11) is 0. The van der Waals surface area contributed by atoms with Gasteiger partial charge in [-0.05, 0) is 50.5 Å². The van der Waals surface area contributed by atoms with Crippen LogP contribution in [0, 0.1) is 6.92 Å². The third-order valence-corrected chi connectivity index (χ3v) is 3.54. The van der Waals surface area contributed by atoms with Gasteiger partial charge in [0, 0.05) is 24.3 Å². The molecule has 0 unspecified atom stereocenters. The zero-order valence-corrected chi connectivity index (χ0v) is 12.0. The Balaban J connectivity index is 2.12. The van der Waals surface area contributed by atoms with E-state index in [1.54, 1.807) is 19.1 Å². The maximum absolute atomic E-state index is 12.3. The van der Waals surface area contributed by atoms with Crippen LogP contribution in [0.15, 0.2) is 18.2 Å². The fourth-order valence-electron chi connectivity index (χ4n) is 2.29. The van der Waals surface area contributed by atoms with Crippen molar-refractivity contribution < 1.29 is 9.59 Å². The van der Waals surface area contributed by atoms with Crippen LogP contribution in [0.3, 0.4) is 0 Å². The van der Waals surface area contributed by atoms with Crippen molar-refractivity contribution in [2.45, 2.75) is 32.7 Å². The van der Waals surface area contributed by atoms with E-state index in [0.29, 0.717) is 11.3 Å². The molecule has 1 atom stereocenters. The minimum absolute atomic E-state index is 0.0654. The molecule has 3 N–H and O–H groups in total. The maximum atomic E-state index is 12.3. The molecule has 2 amide bonds. The normalized spacial score (nSPS) is 16.1. The van der Waals surface area contributed by atoms with Crippen molar-refractivity contribution in [2.24, 2.45) is 5.73 Å². The Labute approximate surface area is 119 Å². The largest absolute Gasteiger partial charge is 0.339 e. The second-order valence-electron chi connectivity index (χ2n) is 5.31. The standard InChI is InChI=1S/C15H21N3O2/c1-10-9-12(15(20)18-7-3-4-8-18)5-6-13(10)17-14(19)11(2)16/h5-6,9,11H,3-4,7-8,16H2,1-2H3,(H,17,19)/t11-/m0/s1. The average Bonchev–Trinajstić information content (AvgIpc) is 2.94. The Morgan fingerprint density at radius 1 is 1.30 bits per heavy atom. The molecule has 1 saturated heterocycles. The number of hydrogen-bond donors (Lipinski definition) is 2. The second kappa shape index (κ2) is 6.05. The van der Waals surface area contributed by atoms with Crippen molar-refractivity contribution in [3.63, 3.8) is 0 Å². The monoisotopic (exact) mass is 275 g/mol. The molecule has 108 valence electrons. The minimum Gasteiger partial charge on any atom is -0.339 e. The third-order valence-electron chi connectivity index (χ3n) is 3.54. The van der Waals surface area contributed by atoms with E-state index in [0.717, 1.165) is 31.5 Å². The number of carbonyl (C=O) groups excluding carboxylic acids is 2. The average molecular weight is 275 g/mol. The third kappa shape index (κ3) is 3.17. The molecule has 0 bridgehead atoms. The van der Waals surface area contributed by atoms with Crippen LogP contribution < -0.4 is 11.1 Å². The molecule has 5 heteroatoms. The van der Waals surface area contributed by atoms with Gasteiger partial charge in [-0.25, -0.2) is 0 Å². The van der Waals surface area contributed by atoms with Crippen molar-refractivity contribution >= 4 is 17.5 Å². The topological polar surface area (TPSA) is 75.4 Å². The van der Waals surface area contributed by atoms with E-state index in [4.69, 9.17) is 5.73 Å². The number of nitrogens with zero attached hydrogens (tertiary/aromatic N) is 1. The number of carbonyl (C=O) groups is 2. The number of likely N-dealkylation sites (tertiary alicyclic amines) is 1. The van der Waals surface area contributed by atoms with E-state index in [2.05, 4.69) is 5.32 Å². The maximum Gasteiger partial charge on any atom is 0.253 e. The van der Waals surface area contributed by atoms with E-state index in [1.807, 2.05) is 17.9 Å². The quantitative estimate of drug-likeness (QED) is 0.878. The van der Waals surface area contributed by atoms with Crippen LogP contribution in [0.4, 0.5) is 5.69 Å². The summed E-state index contributed by atoms with van der Waals surface area (Å²) in [5, 5.41) is 2.76. The number of aryl methyl sites for hydroxylation is 1. The number of amides is 2. The van der Waals surface area contributed by atoms with Crippen molar-refractivity contribution in [2.75, 3.05) is 18.4 Å². The van der Waals surface area contributed by atoms with E-state index in [-0.39, 0.29) is 11.8 Å². The Morgan fingerprint density at radius 2 is 1.95 bits per heavy atom. The molecule has 1 aliphatic heterocycles. The molecule has 1 heterocycles. The summed E-state index contributed by atoms with van der Waals surface area (Å²) in [5.74, 6) is -0.164. The summed E-state index contributed by atoms with van der Waals surface area (Å²) in [6.07, 6.45) is 2.15. The summed E-state index contributed by atoms with van der Waals surface area (Å²) in [6, 6.07) is 4.78. The highest BCUT2D eigenvalue weighted by Gasteiger charge is 2.20. The fourth-order valence-corrected chi connectivity index (χ4v) is 2.29. The molecule has 0 aromatic heterocycles. The number of nitrogens with one attached hydrogen (secondary N) is 1. The lowest BCUT2D eigenvalue weighted by Gasteiger charge is -2.16. The molecule has 1 fully saturated rings. The zero-order valence-electron chi connectivity index (χ0n) is 12.0. The van der Waals surface area contributed by atoms with Crippen molar-refractivity contribution in [1.82, 2.24) is 4.90 Å². The first-order valence-corrected chi connectivity index (χ1v) is 6.95. The lowest BCUT2D eigenvalue weighted by Crippen LogP contribution is -2.32. The Bertz CT molecular complexity index is 520. The Hall–Kier alpha value is -1.88. The molecular formula is C15H21N3O2. The molecule has 0 radical (unpaired) electrons. The molecule has 0 saturated carbocycles. The van der Waals surface area contributed by atoms with Gasteiger partial charge in [-0.2, -0.15) is 0 Å². The van der Waals surface area contributed by atoms with Crippen LogP contribution in [0.1, 0.15) is 35.7 Å².